The summed E-state index contributed by atoms with van der Waals surface area (Å²) in [5, 5.41) is 7.34. The lowest BCUT2D eigenvalue weighted by atomic mass is 10.1. The van der Waals surface area contributed by atoms with Gasteiger partial charge in [0.05, 0.1) is 28.5 Å². The largest absolute Gasteiger partial charge is 0.336 e. The quantitative estimate of drug-likeness (QED) is 0.581. The molecule has 7 nitrogen and oxygen atoms in total. The molecule has 1 amide bonds. The number of aromatic nitrogens is 4. The molecule has 8 heteroatoms. The first kappa shape index (κ1) is 17.8. The molecule has 0 saturated carbocycles. The molecule has 0 spiro atoms. The van der Waals surface area contributed by atoms with Gasteiger partial charge in [0.2, 0.25) is 5.95 Å². The number of rotatable bonds is 4. The zero-order valence-electron chi connectivity index (χ0n) is 15.7. The lowest BCUT2D eigenvalue weighted by Gasteiger charge is -2.09. The van der Waals surface area contributed by atoms with E-state index in [1.807, 2.05) is 6.92 Å². The van der Waals surface area contributed by atoms with Crippen molar-refractivity contribution in [2.75, 3.05) is 5.32 Å². The fourth-order valence-electron chi connectivity index (χ4n) is 3.09. The van der Waals surface area contributed by atoms with Gasteiger partial charge in [-0.3, -0.25) is 10.1 Å². The molecular formula is C20H18FN5O2. The van der Waals surface area contributed by atoms with Crippen LogP contribution in [0.5, 0.6) is 0 Å². The van der Waals surface area contributed by atoms with Gasteiger partial charge < -0.3 is 9.09 Å². The molecule has 0 saturated heterocycles. The maximum Gasteiger partial charge on any atom is 0.258 e. The minimum absolute atomic E-state index is 0.308. The first-order valence-corrected chi connectivity index (χ1v) is 8.82. The summed E-state index contributed by atoms with van der Waals surface area (Å²) in [6.07, 6.45) is 2.29. The van der Waals surface area contributed by atoms with Gasteiger partial charge in [0.15, 0.2) is 0 Å². The van der Waals surface area contributed by atoms with E-state index >= 15 is 0 Å². The average Bonchev–Trinajstić information content (AvgIpc) is 3.25. The van der Waals surface area contributed by atoms with Gasteiger partial charge in [-0.1, -0.05) is 12.1 Å². The topological polar surface area (TPSA) is 85.8 Å². The number of pyridine rings is 1. The van der Waals surface area contributed by atoms with Gasteiger partial charge in [-0.25, -0.2) is 14.4 Å². The first-order chi connectivity index (χ1) is 13.5. The minimum Gasteiger partial charge on any atom is -0.336 e. The summed E-state index contributed by atoms with van der Waals surface area (Å²) >= 11 is 0. The molecule has 0 aliphatic heterocycles. The number of benzene rings is 1. The highest BCUT2D eigenvalue weighted by molar-refractivity contribution is 6.11. The van der Waals surface area contributed by atoms with E-state index < -0.39 is 0 Å². The van der Waals surface area contributed by atoms with E-state index in [0.717, 1.165) is 17.0 Å². The Bertz CT molecular complexity index is 1180. The van der Waals surface area contributed by atoms with Crippen LogP contribution in [0.15, 0.2) is 41.1 Å². The van der Waals surface area contributed by atoms with E-state index in [4.69, 9.17) is 4.52 Å². The van der Waals surface area contributed by atoms with Gasteiger partial charge in [0.25, 0.3) is 11.6 Å². The molecule has 0 aliphatic rings. The van der Waals surface area contributed by atoms with Crippen molar-refractivity contribution in [3.63, 3.8) is 0 Å². The second-order valence-electron chi connectivity index (χ2n) is 6.45. The summed E-state index contributed by atoms with van der Waals surface area (Å²) in [7, 11) is 1.78. The Morgan fingerprint density at radius 1 is 1.29 bits per heavy atom. The molecule has 3 heterocycles. The van der Waals surface area contributed by atoms with Crippen molar-refractivity contribution in [2.24, 2.45) is 7.05 Å². The van der Waals surface area contributed by atoms with Crippen molar-refractivity contribution in [3.05, 3.63) is 59.3 Å². The van der Waals surface area contributed by atoms with Crippen LogP contribution in [0.3, 0.4) is 0 Å². The molecule has 4 rings (SSSR count). The molecule has 0 aliphatic carbocycles. The summed E-state index contributed by atoms with van der Waals surface area (Å²) < 4.78 is 20.1. The number of hydrogen-bond donors (Lipinski definition) is 1. The zero-order valence-corrected chi connectivity index (χ0v) is 15.7. The Labute approximate surface area is 160 Å². The van der Waals surface area contributed by atoms with E-state index in [2.05, 4.69) is 20.4 Å². The van der Waals surface area contributed by atoms with Crippen LogP contribution < -0.4 is 5.32 Å². The van der Waals surface area contributed by atoms with Crippen molar-refractivity contribution < 1.29 is 13.7 Å². The van der Waals surface area contributed by atoms with Crippen molar-refractivity contribution in [3.8, 4) is 11.3 Å². The molecule has 0 atom stereocenters. The van der Waals surface area contributed by atoms with Crippen LogP contribution >= 0.6 is 0 Å². The predicted octanol–water partition coefficient (Wildman–Crippen LogP) is 3.89. The Morgan fingerprint density at radius 2 is 2.04 bits per heavy atom. The summed E-state index contributed by atoms with van der Waals surface area (Å²) in [4.78, 5) is 21.6. The molecule has 0 unspecified atom stereocenters. The summed E-state index contributed by atoms with van der Waals surface area (Å²) in [6.45, 7) is 3.72. The number of fused-ring (bicyclic) bond motifs is 1. The van der Waals surface area contributed by atoms with Gasteiger partial charge in [0, 0.05) is 18.3 Å². The van der Waals surface area contributed by atoms with E-state index in [0.29, 0.717) is 34.7 Å². The summed E-state index contributed by atoms with van der Waals surface area (Å²) in [5.41, 5.74) is 3.67. The first-order valence-electron chi connectivity index (χ1n) is 8.82. The predicted molar refractivity (Wildman–Crippen MR) is 102 cm³/mol. The molecule has 0 fully saturated rings. The lowest BCUT2D eigenvalue weighted by Crippen LogP contribution is -2.16. The molecule has 28 heavy (non-hydrogen) atoms. The van der Waals surface area contributed by atoms with Gasteiger partial charge in [-0.05, 0) is 43.7 Å². The van der Waals surface area contributed by atoms with Crippen LogP contribution in [-0.2, 0) is 13.5 Å². The molecule has 3 aromatic heterocycles. The molecule has 4 aromatic rings. The molecule has 142 valence electrons. The van der Waals surface area contributed by atoms with E-state index in [1.165, 1.54) is 12.1 Å². The molecular weight excluding hydrogens is 361 g/mol. The van der Waals surface area contributed by atoms with Crippen molar-refractivity contribution in [1.82, 2.24) is 19.7 Å². The summed E-state index contributed by atoms with van der Waals surface area (Å²) in [6, 6.07) is 7.84. The van der Waals surface area contributed by atoms with Gasteiger partial charge in [-0.2, -0.15) is 0 Å². The lowest BCUT2D eigenvalue weighted by molar-refractivity contribution is 0.102. The highest BCUT2D eigenvalue weighted by Gasteiger charge is 2.20. The zero-order chi connectivity index (χ0) is 19.8. The molecule has 1 N–H and O–H groups in total. The Hall–Kier alpha value is -3.55. The van der Waals surface area contributed by atoms with Crippen LogP contribution in [0, 0.1) is 12.7 Å². The molecule has 0 radical (unpaired) electrons. The third kappa shape index (κ3) is 3.02. The maximum atomic E-state index is 13.2. The van der Waals surface area contributed by atoms with E-state index in [-0.39, 0.29) is 11.7 Å². The second-order valence-corrected chi connectivity index (χ2v) is 6.45. The van der Waals surface area contributed by atoms with Gasteiger partial charge in [0.1, 0.15) is 5.82 Å². The third-order valence-electron chi connectivity index (χ3n) is 4.63. The normalized spacial score (nSPS) is 11.1. The SMILES string of the molecule is CCc1cc(C(=O)Nc2ncc(-c3ccc(F)cc3)n2C)c2c(C)noc2n1. The number of imidazole rings is 1. The number of carbonyl (C=O) groups excluding carboxylic acids is 1. The number of anilines is 1. The average molecular weight is 379 g/mol. The van der Waals surface area contributed by atoms with Crippen molar-refractivity contribution in [2.45, 2.75) is 20.3 Å². The van der Waals surface area contributed by atoms with Crippen LogP contribution in [0.4, 0.5) is 10.3 Å². The van der Waals surface area contributed by atoms with Crippen LogP contribution in [0.25, 0.3) is 22.4 Å². The second kappa shape index (κ2) is 6.88. The van der Waals surface area contributed by atoms with E-state index in [1.54, 1.807) is 42.9 Å². The number of carbonyl (C=O) groups is 1. The third-order valence-corrected chi connectivity index (χ3v) is 4.63. The van der Waals surface area contributed by atoms with E-state index in [9.17, 15) is 9.18 Å². The van der Waals surface area contributed by atoms with Crippen molar-refractivity contribution in [1.29, 1.82) is 0 Å². The Balaban J connectivity index is 1.69. The highest BCUT2D eigenvalue weighted by atomic mass is 19.1. The van der Waals surface area contributed by atoms with Crippen LogP contribution in [0.1, 0.15) is 28.7 Å². The summed E-state index contributed by atoms with van der Waals surface area (Å²) in [5.74, 6) is -0.258. The standard InChI is InChI=1S/C20H18FN5O2/c1-4-14-9-15(17-11(2)25-28-19(17)23-14)18(27)24-20-22-10-16(26(20)3)12-5-7-13(21)8-6-12/h5-10H,4H2,1-3H3,(H,22,24,27). The van der Waals surface area contributed by atoms with Gasteiger partial charge >= 0.3 is 0 Å². The fraction of sp³-hybridized carbons (Fsp3) is 0.200. The maximum absolute atomic E-state index is 13.2. The Kier molecular flexibility index (Phi) is 4.38. The number of halogens is 1. The monoisotopic (exact) mass is 379 g/mol. The molecule has 1 aromatic carbocycles. The molecule has 0 bridgehead atoms. The minimum atomic E-state index is -0.326. The number of nitrogens with zero attached hydrogens (tertiary/aromatic N) is 4. The van der Waals surface area contributed by atoms with Gasteiger partial charge in [-0.15, -0.1) is 0 Å². The fourth-order valence-corrected chi connectivity index (χ4v) is 3.09. The van der Waals surface area contributed by atoms with Crippen molar-refractivity contribution >= 4 is 23.0 Å². The Morgan fingerprint density at radius 3 is 2.75 bits per heavy atom. The number of nitrogens with one attached hydrogen (secondary N) is 1. The number of amides is 1. The number of hydrogen-bond acceptors (Lipinski definition) is 5. The highest BCUT2D eigenvalue weighted by Crippen LogP contribution is 2.25. The van der Waals surface area contributed by atoms with Crippen LogP contribution in [0.2, 0.25) is 0 Å². The van der Waals surface area contributed by atoms with Crippen LogP contribution in [-0.4, -0.2) is 25.6 Å². The number of aryl methyl sites for hydroxylation is 2. The smallest absolute Gasteiger partial charge is 0.258 e.